The van der Waals surface area contributed by atoms with E-state index in [1.807, 2.05) is 54.6 Å². The zero-order valence-electron chi connectivity index (χ0n) is 12.0. The predicted molar refractivity (Wildman–Crippen MR) is 84.9 cm³/mol. The molecule has 1 atom stereocenters. The second-order valence-electron chi connectivity index (χ2n) is 5.15. The summed E-state index contributed by atoms with van der Waals surface area (Å²) in [6.07, 6.45) is -0.149. The summed E-state index contributed by atoms with van der Waals surface area (Å²) in [6.45, 7) is 0.462. The van der Waals surface area contributed by atoms with E-state index in [9.17, 15) is 0 Å². The number of hydrogen-bond donors (Lipinski definition) is 0. The SMILES string of the molecule is [c]1cccc2c1-c1[c]cccc1O[C@H](c1ccccc1)CO2. The van der Waals surface area contributed by atoms with Gasteiger partial charge in [0, 0.05) is 11.1 Å². The highest BCUT2D eigenvalue weighted by Gasteiger charge is 2.21. The first-order valence-electron chi connectivity index (χ1n) is 7.28. The van der Waals surface area contributed by atoms with Crippen molar-refractivity contribution in [1.82, 2.24) is 0 Å². The monoisotopic (exact) mass is 286 g/mol. The summed E-state index contributed by atoms with van der Waals surface area (Å²) >= 11 is 0. The lowest BCUT2D eigenvalue weighted by Crippen LogP contribution is -2.19. The van der Waals surface area contributed by atoms with Gasteiger partial charge in [0.2, 0.25) is 0 Å². The second kappa shape index (κ2) is 5.57. The molecule has 22 heavy (non-hydrogen) atoms. The summed E-state index contributed by atoms with van der Waals surface area (Å²) < 4.78 is 12.2. The van der Waals surface area contributed by atoms with Crippen LogP contribution in [0, 0.1) is 12.1 Å². The van der Waals surface area contributed by atoms with Crippen molar-refractivity contribution in [3.63, 3.8) is 0 Å². The van der Waals surface area contributed by atoms with E-state index in [-0.39, 0.29) is 6.10 Å². The van der Waals surface area contributed by atoms with Gasteiger partial charge in [-0.15, -0.1) is 0 Å². The van der Waals surface area contributed by atoms with Crippen LogP contribution in [-0.4, -0.2) is 6.61 Å². The average molecular weight is 286 g/mol. The molecule has 0 amide bonds. The van der Waals surface area contributed by atoms with Gasteiger partial charge in [-0.2, -0.15) is 0 Å². The first-order chi connectivity index (χ1) is 10.9. The van der Waals surface area contributed by atoms with Gasteiger partial charge in [0.1, 0.15) is 18.1 Å². The molecule has 0 fully saturated rings. The smallest absolute Gasteiger partial charge is 0.158 e. The van der Waals surface area contributed by atoms with E-state index in [2.05, 4.69) is 24.3 Å². The Balaban J connectivity index is 1.81. The maximum absolute atomic E-state index is 6.20. The van der Waals surface area contributed by atoms with Crippen LogP contribution in [-0.2, 0) is 0 Å². The molecular weight excluding hydrogens is 272 g/mol. The Bertz CT molecular complexity index is 780. The lowest BCUT2D eigenvalue weighted by molar-refractivity contribution is 0.127. The molecule has 0 saturated heterocycles. The highest BCUT2D eigenvalue weighted by molar-refractivity contribution is 5.75. The number of hydrogen-bond acceptors (Lipinski definition) is 2. The molecule has 2 heteroatoms. The molecule has 0 aromatic heterocycles. The van der Waals surface area contributed by atoms with Gasteiger partial charge in [0.15, 0.2) is 6.10 Å². The summed E-state index contributed by atoms with van der Waals surface area (Å²) in [5.74, 6) is 1.62. The minimum Gasteiger partial charge on any atom is -0.489 e. The average Bonchev–Trinajstić information content (AvgIpc) is 2.58. The van der Waals surface area contributed by atoms with E-state index in [4.69, 9.17) is 9.47 Å². The summed E-state index contributed by atoms with van der Waals surface area (Å²) in [5.41, 5.74) is 2.88. The molecule has 0 spiro atoms. The predicted octanol–water partition coefficient (Wildman–Crippen LogP) is 4.47. The van der Waals surface area contributed by atoms with Crippen LogP contribution in [0.5, 0.6) is 11.5 Å². The molecule has 2 radical (unpaired) electrons. The largest absolute Gasteiger partial charge is 0.489 e. The molecule has 0 saturated carbocycles. The number of rotatable bonds is 1. The van der Waals surface area contributed by atoms with Crippen LogP contribution in [0.15, 0.2) is 66.7 Å². The van der Waals surface area contributed by atoms with Gasteiger partial charge in [-0.3, -0.25) is 0 Å². The van der Waals surface area contributed by atoms with Gasteiger partial charge >= 0.3 is 0 Å². The Morgan fingerprint density at radius 1 is 0.773 bits per heavy atom. The van der Waals surface area contributed by atoms with Crippen LogP contribution in [0.2, 0.25) is 0 Å². The van der Waals surface area contributed by atoms with Crippen molar-refractivity contribution in [2.45, 2.75) is 6.10 Å². The molecule has 106 valence electrons. The fourth-order valence-electron chi connectivity index (χ4n) is 2.64. The molecule has 4 rings (SSSR count). The minimum atomic E-state index is -0.149. The summed E-state index contributed by atoms with van der Waals surface area (Å²) in [6, 6.07) is 28.2. The van der Waals surface area contributed by atoms with Gasteiger partial charge in [-0.05, 0) is 29.8 Å². The lowest BCUT2D eigenvalue weighted by atomic mass is 10.0. The molecule has 0 N–H and O–H groups in total. The molecule has 3 aromatic rings. The van der Waals surface area contributed by atoms with Crippen molar-refractivity contribution >= 4 is 0 Å². The molecule has 0 bridgehead atoms. The van der Waals surface area contributed by atoms with Gasteiger partial charge < -0.3 is 9.47 Å². The van der Waals surface area contributed by atoms with E-state index in [1.165, 1.54) is 0 Å². The topological polar surface area (TPSA) is 18.5 Å². The maximum atomic E-state index is 6.20. The van der Waals surface area contributed by atoms with E-state index in [1.54, 1.807) is 0 Å². The molecule has 0 aliphatic carbocycles. The van der Waals surface area contributed by atoms with Crippen LogP contribution >= 0.6 is 0 Å². The normalized spacial score (nSPS) is 16.3. The van der Waals surface area contributed by atoms with Crippen LogP contribution in [0.25, 0.3) is 11.1 Å². The lowest BCUT2D eigenvalue weighted by Gasteiger charge is -2.25. The van der Waals surface area contributed by atoms with Gasteiger partial charge in [-0.25, -0.2) is 0 Å². The highest BCUT2D eigenvalue weighted by Crippen LogP contribution is 2.39. The summed E-state index contributed by atoms with van der Waals surface area (Å²) in [5, 5.41) is 0. The Hall–Kier alpha value is -2.74. The third kappa shape index (κ3) is 2.33. The second-order valence-corrected chi connectivity index (χ2v) is 5.15. The van der Waals surface area contributed by atoms with Crippen molar-refractivity contribution in [2.75, 3.05) is 6.61 Å². The zero-order chi connectivity index (χ0) is 14.8. The highest BCUT2D eigenvalue weighted by atomic mass is 16.5. The quantitative estimate of drug-likeness (QED) is 0.657. The Morgan fingerprint density at radius 2 is 1.45 bits per heavy atom. The molecule has 2 nitrogen and oxygen atoms in total. The van der Waals surface area contributed by atoms with E-state index in [0.717, 1.165) is 28.2 Å². The fourth-order valence-corrected chi connectivity index (χ4v) is 2.64. The summed E-state index contributed by atoms with van der Waals surface area (Å²) in [4.78, 5) is 0. The molecule has 1 aliphatic rings. The van der Waals surface area contributed by atoms with Crippen molar-refractivity contribution in [1.29, 1.82) is 0 Å². The van der Waals surface area contributed by atoms with Crippen molar-refractivity contribution in [2.24, 2.45) is 0 Å². The van der Waals surface area contributed by atoms with Crippen molar-refractivity contribution in [3.8, 4) is 22.6 Å². The zero-order valence-corrected chi connectivity index (χ0v) is 12.0. The Labute approximate surface area is 129 Å². The number of fused-ring (bicyclic) bond motifs is 3. The maximum Gasteiger partial charge on any atom is 0.158 e. The molecule has 3 aromatic carbocycles. The first kappa shape index (κ1) is 13.0. The van der Waals surface area contributed by atoms with Crippen LogP contribution < -0.4 is 9.47 Å². The van der Waals surface area contributed by atoms with Crippen molar-refractivity contribution < 1.29 is 9.47 Å². The Kier molecular flexibility index (Phi) is 3.28. The minimum absolute atomic E-state index is 0.149. The molecule has 1 heterocycles. The third-order valence-electron chi connectivity index (χ3n) is 3.72. The Morgan fingerprint density at radius 3 is 2.23 bits per heavy atom. The number of benzene rings is 3. The van der Waals surface area contributed by atoms with Gasteiger partial charge in [-0.1, -0.05) is 54.6 Å². The molecular formula is C20H14O2. The number of ether oxygens (including phenoxy) is 2. The molecule has 0 unspecified atom stereocenters. The standard InChI is InChI=1S/C20H14O2/c1-2-8-15(9-3-1)20-14-21-18-12-6-4-10-16(18)17-11-5-7-13-19(17)22-20/h1-9,12-13,20H,14H2/t20-/m0/s1. The van der Waals surface area contributed by atoms with Crippen LogP contribution in [0.4, 0.5) is 0 Å². The third-order valence-corrected chi connectivity index (χ3v) is 3.72. The van der Waals surface area contributed by atoms with Crippen LogP contribution in [0.1, 0.15) is 11.7 Å². The van der Waals surface area contributed by atoms with Gasteiger partial charge in [0.05, 0.1) is 0 Å². The van der Waals surface area contributed by atoms with Crippen LogP contribution in [0.3, 0.4) is 0 Å². The summed E-state index contributed by atoms with van der Waals surface area (Å²) in [7, 11) is 0. The van der Waals surface area contributed by atoms with Gasteiger partial charge in [0.25, 0.3) is 0 Å². The van der Waals surface area contributed by atoms with E-state index < -0.39 is 0 Å². The van der Waals surface area contributed by atoms with E-state index >= 15 is 0 Å². The molecule has 1 aliphatic heterocycles. The first-order valence-corrected chi connectivity index (χ1v) is 7.28. The van der Waals surface area contributed by atoms with Crippen molar-refractivity contribution in [3.05, 3.63) is 84.4 Å². The fraction of sp³-hybridized carbons (Fsp3) is 0.100. The van der Waals surface area contributed by atoms with E-state index in [0.29, 0.717) is 6.61 Å².